The topological polar surface area (TPSA) is 67.2 Å². The fourth-order valence-corrected chi connectivity index (χ4v) is 2.00. The summed E-state index contributed by atoms with van der Waals surface area (Å²) in [5.41, 5.74) is 1.47. The third kappa shape index (κ3) is 3.84. The number of nitrogens with one attached hydrogen (secondary N) is 2. The molecule has 0 bridgehead atoms. The van der Waals surface area contributed by atoms with Crippen molar-refractivity contribution >= 4 is 11.6 Å². The first kappa shape index (κ1) is 15.1. The van der Waals surface area contributed by atoms with Crippen LogP contribution in [0, 0.1) is 6.92 Å². The average Bonchev–Trinajstić information content (AvgIpc) is 2.92. The largest absolute Gasteiger partial charge is 0.444 e. The molecule has 1 heterocycles. The highest BCUT2D eigenvalue weighted by Crippen LogP contribution is 2.17. The van der Waals surface area contributed by atoms with Crippen molar-refractivity contribution < 1.29 is 9.21 Å². The molecular formula is C16H21N3O2. The van der Waals surface area contributed by atoms with Crippen molar-refractivity contribution in [2.45, 2.75) is 33.2 Å². The van der Waals surface area contributed by atoms with Crippen LogP contribution in [0.15, 0.2) is 34.9 Å². The molecule has 0 radical (unpaired) electrons. The molecule has 0 aliphatic rings. The molecular weight excluding hydrogens is 266 g/mol. The number of carbonyl (C=O) groups is 1. The molecule has 21 heavy (non-hydrogen) atoms. The SMILES string of the molecule is CCCNc1ccccc1C(=O)NC(C)c1ncc(C)o1. The molecule has 1 atom stereocenters. The van der Waals surface area contributed by atoms with E-state index in [4.69, 9.17) is 4.42 Å². The third-order valence-electron chi connectivity index (χ3n) is 3.09. The van der Waals surface area contributed by atoms with Gasteiger partial charge in [-0.25, -0.2) is 4.98 Å². The lowest BCUT2D eigenvalue weighted by Crippen LogP contribution is -2.27. The summed E-state index contributed by atoms with van der Waals surface area (Å²) in [4.78, 5) is 16.5. The molecule has 2 rings (SSSR count). The van der Waals surface area contributed by atoms with Crippen molar-refractivity contribution in [1.82, 2.24) is 10.3 Å². The average molecular weight is 287 g/mol. The molecule has 0 saturated heterocycles. The van der Waals surface area contributed by atoms with E-state index in [-0.39, 0.29) is 11.9 Å². The van der Waals surface area contributed by atoms with Gasteiger partial charge >= 0.3 is 0 Å². The molecule has 5 nitrogen and oxygen atoms in total. The summed E-state index contributed by atoms with van der Waals surface area (Å²) >= 11 is 0. The maximum absolute atomic E-state index is 12.4. The highest BCUT2D eigenvalue weighted by molar-refractivity contribution is 5.99. The van der Waals surface area contributed by atoms with Gasteiger partial charge in [0.1, 0.15) is 11.8 Å². The zero-order valence-electron chi connectivity index (χ0n) is 12.6. The molecule has 0 spiro atoms. The summed E-state index contributed by atoms with van der Waals surface area (Å²) in [6.45, 7) is 6.60. The number of oxazole rings is 1. The predicted molar refractivity (Wildman–Crippen MR) is 82.3 cm³/mol. The van der Waals surface area contributed by atoms with Crippen molar-refractivity contribution in [3.05, 3.63) is 47.7 Å². The predicted octanol–water partition coefficient (Wildman–Crippen LogP) is 3.30. The Kier molecular flexibility index (Phi) is 4.98. The zero-order valence-corrected chi connectivity index (χ0v) is 12.6. The lowest BCUT2D eigenvalue weighted by molar-refractivity contribution is 0.0934. The molecule has 1 unspecified atom stereocenters. The molecule has 0 aliphatic carbocycles. The van der Waals surface area contributed by atoms with Crippen LogP contribution in [0.2, 0.25) is 0 Å². The zero-order chi connectivity index (χ0) is 15.2. The van der Waals surface area contributed by atoms with Crippen molar-refractivity contribution in [3.63, 3.8) is 0 Å². The fraction of sp³-hybridized carbons (Fsp3) is 0.375. The number of nitrogens with zero attached hydrogens (tertiary/aromatic N) is 1. The van der Waals surface area contributed by atoms with Crippen LogP contribution in [0.3, 0.4) is 0 Å². The normalized spacial score (nSPS) is 12.0. The van der Waals surface area contributed by atoms with Crippen LogP contribution < -0.4 is 10.6 Å². The number of aromatic nitrogens is 1. The Morgan fingerprint density at radius 1 is 1.38 bits per heavy atom. The summed E-state index contributed by atoms with van der Waals surface area (Å²) in [5, 5.41) is 6.17. The molecule has 2 N–H and O–H groups in total. The maximum Gasteiger partial charge on any atom is 0.254 e. The number of para-hydroxylation sites is 1. The van der Waals surface area contributed by atoms with Crippen LogP contribution in [-0.4, -0.2) is 17.4 Å². The molecule has 0 fully saturated rings. The van der Waals surface area contributed by atoms with E-state index in [2.05, 4.69) is 22.5 Å². The minimum absolute atomic E-state index is 0.141. The van der Waals surface area contributed by atoms with Crippen LogP contribution >= 0.6 is 0 Å². The first-order valence-corrected chi connectivity index (χ1v) is 7.18. The number of carbonyl (C=O) groups excluding carboxylic acids is 1. The van der Waals surface area contributed by atoms with E-state index in [9.17, 15) is 4.79 Å². The second-order valence-electron chi connectivity index (χ2n) is 4.98. The molecule has 0 aliphatic heterocycles. The maximum atomic E-state index is 12.4. The van der Waals surface area contributed by atoms with E-state index in [0.717, 1.165) is 24.4 Å². The minimum Gasteiger partial charge on any atom is -0.444 e. The Labute approximate surface area is 124 Å². The number of rotatable bonds is 6. The van der Waals surface area contributed by atoms with Crippen LogP contribution in [0.1, 0.15) is 48.3 Å². The molecule has 5 heteroatoms. The van der Waals surface area contributed by atoms with Gasteiger partial charge in [0.25, 0.3) is 5.91 Å². The smallest absolute Gasteiger partial charge is 0.254 e. The van der Waals surface area contributed by atoms with E-state index in [1.807, 2.05) is 32.0 Å². The van der Waals surface area contributed by atoms with Gasteiger partial charge in [-0.05, 0) is 32.4 Å². The third-order valence-corrected chi connectivity index (χ3v) is 3.09. The summed E-state index contributed by atoms with van der Waals surface area (Å²) < 4.78 is 5.44. The first-order valence-electron chi connectivity index (χ1n) is 7.18. The Morgan fingerprint density at radius 3 is 2.81 bits per heavy atom. The molecule has 1 amide bonds. The standard InChI is InChI=1S/C16H21N3O2/c1-4-9-17-14-8-6-5-7-13(14)15(20)19-12(3)16-18-10-11(2)21-16/h5-8,10,12,17H,4,9H2,1-3H3,(H,19,20). The van der Waals surface area contributed by atoms with Crippen LogP contribution in [0.5, 0.6) is 0 Å². The van der Waals surface area contributed by atoms with E-state index in [1.54, 1.807) is 12.3 Å². The van der Waals surface area contributed by atoms with Crippen molar-refractivity contribution in [1.29, 1.82) is 0 Å². The van der Waals surface area contributed by atoms with Crippen molar-refractivity contribution in [2.75, 3.05) is 11.9 Å². The lowest BCUT2D eigenvalue weighted by atomic mass is 10.1. The molecule has 112 valence electrons. The molecule has 1 aromatic heterocycles. The summed E-state index contributed by atoms with van der Waals surface area (Å²) in [6.07, 6.45) is 2.65. The number of benzene rings is 1. The van der Waals surface area contributed by atoms with Gasteiger partial charge in [0.15, 0.2) is 0 Å². The minimum atomic E-state index is -0.273. The number of aryl methyl sites for hydroxylation is 1. The van der Waals surface area contributed by atoms with Crippen LogP contribution in [0.4, 0.5) is 5.69 Å². The number of amides is 1. The van der Waals surface area contributed by atoms with Crippen molar-refractivity contribution in [2.24, 2.45) is 0 Å². The Bertz CT molecular complexity index is 607. The van der Waals surface area contributed by atoms with Gasteiger partial charge in [-0.15, -0.1) is 0 Å². The first-order chi connectivity index (χ1) is 10.1. The fourth-order valence-electron chi connectivity index (χ4n) is 2.00. The van der Waals surface area contributed by atoms with Gasteiger partial charge < -0.3 is 15.1 Å². The molecule has 0 saturated carbocycles. The second kappa shape index (κ2) is 6.92. The molecule has 2 aromatic rings. The van der Waals surface area contributed by atoms with Gasteiger partial charge in [-0.3, -0.25) is 4.79 Å². The number of hydrogen-bond acceptors (Lipinski definition) is 4. The lowest BCUT2D eigenvalue weighted by Gasteiger charge is -2.14. The summed E-state index contributed by atoms with van der Waals surface area (Å²) in [7, 11) is 0. The van der Waals surface area contributed by atoms with Gasteiger partial charge in [-0.2, -0.15) is 0 Å². The van der Waals surface area contributed by atoms with Crippen molar-refractivity contribution in [3.8, 4) is 0 Å². The Balaban J connectivity index is 2.09. The van der Waals surface area contributed by atoms with Gasteiger partial charge in [0, 0.05) is 12.2 Å². The number of hydrogen-bond donors (Lipinski definition) is 2. The Hall–Kier alpha value is -2.30. The second-order valence-corrected chi connectivity index (χ2v) is 4.98. The highest BCUT2D eigenvalue weighted by atomic mass is 16.4. The monoisotopic (exact) mass is 287 g/mol. The van der Waals surface area contributed by atoms with Gasteiger partial charge in [-0.1, -0.05) is 19.1 Å². The van der Waals surface area contributed by atoms with E-state index >= 15 is 0 Å². The quantitative estimate of drug-likeness (QED) is 0.855. The number of anilines is 1. The highest BCUT2D eigenvalue weighted by Gasteiger charge is 2.17. The van der Waals surface area contributed by atoms with Crippen LogP contribution in [0.25, 0.3) is 0 Å². The van der Waals surface area contributed by atoms with Gasteiger partial charge in [0.2, 0.25) is 5.89 Å². The van der Waals surface area contributed by atoms with E-state index in [1.165, 1.54) is 0 Å². The van der Waals surface area contributed by atoms with Crippen LogP contribution in [-0.2, 0) is 0 Å². The molecule has 1 aromatic carbocycles. The van der Waals surface area contributed by atoms with E-state index < -0.39 is 0 Å². The summed E-state index contributed by atoms with van der Waals surface area (Å²) in [6, 6.07) is 7.21. The van der Waals surface area contributed by atoms with E-state index in [0.29, 0.717) is 11.5 Å². The van der Waals surface area contributed by atoms with Gasteiger partial charge in [0.05, 0.1) is 11.8 Å². The Morgan fingerprint density at radius 2 is 2.14 bits per heavy atom. The summed E-state index contributed by atoms with van der Waals surface area (Å²) in [5.74, 6) is 1.11.